The molecular weight excluding hydrogens is 234 g/mol. The molecule has 0 fully saturated rings. The van der Waals surface area contributed by atoms with Crippen molar-refractivity contribution in [1.29, 1.82) is 0 Å². The number of anilines is 1. The van der Waals surface area contributed by atoms with Crippen molar-refractivity contribution >= 4 is 28.5 Å². The number of halogens is 1. The zero-order chi connectivity index (χ0) is 12.3. The maximum Gasteiger partial charge on any atom is 0.145 e. The van der Waals surface area contributed by atoms with Crippen molar-refractivity contribution in [1.82, 2.24) is 9.97 Å². The lowest BCUT2D eigenvalue weighted by Gasteiger charge is -2.14. The van der Waals surface area contributed by atoms with Crippen LogP contribution in [0, 0.1) is 5.92 Å². The number of alkyl halides is 1. The molecule has 2 aromatic rings. The van der Waals surface area contributed by atoms with Crippen LogP contribution in [0.15, 0.2) is 30.5 Å². The van der Waals surface area contributed by atoms with Crippen LogP contribution >= 0.6 is 11.6 Å². The van der Waals surface area contributed by atoms with Crippen molar-refractivity contribution in [3.8, 4) is 0 Å². The van der Waals surface area contributed by atoms with Crippen LogP contribution in [0.4, 0.5) is 5.82 Å². The second kappa shape index (κ2) is 5.32. The van der Waals surface area contributed by atoms with Crippen molar-refractivity contribution < 1.29 is 0 Å². The summed E-state index contributed by atoms with van der Waals surface area (Å²) in [4.78, 5) is 8.81. The highest BCUT2D eigenvalue weighted by atomic mass is 35.5. The van der Waals surface area contributed by atoms with E-state index >= 15 is 0 Å². The molecule has 4 heteroatoms. The van der Waals surface area contributed by atoms with Crippen molar-refractivity contribution in [2.24, 2.45) is 5.92 Å². The molecule has 1 heterocycles. The predicted molar refractivity (Wildman–Crippen MR) is 72.5 cm³/mol. The highest BCUT2D eigenvalue weighted by molar-refractivity contribution is 6.21. The van der Waals surface area contributed by atoms with Gasteiger partial charge in [0.1, 0.15) is 5.82 Å². The van der Waals surface area contributed by atoms with Crippen molar-refractivity contribution in [3.05, 3.63) is 30.5 Å². The summed E-state index contributed by atoms with van der Waals surface area (Å²) in [7, 11) is 0. The fraction of sp³-hybridized carbons (Fsp3) is 0.385. The van der Waals surface area contributed by atoms with Crippen LogP contribution in [0.2, 0.25) is 0 Å². The molecule has 0 spiro atoms. The van der Waals surface area contributed by atoms with E-state index in [1.165, 1.54) is 0 Å². The van der Waals surface area contributed by atoms with E-state index in [9.17, 15) is 0 Å². The zero-order valence-electron chi connectivity index (χ0n) is 10.0. The van der Waals surface area contributed by atoms with Crippen molar-refractivity contribution in [2.75, 3.05) is 11.9 Å². The second-order valence-electron chi connectivity index (χ2n) is 4.38. The molecule has 1 aromatic carbocycles. The molecule has 0 radical (unpaired) electrons. The molecule has 2 rings (SSSR count). The summed E-state index contributed by atoms with van der Waals surface area (Å²) in [6, 6.07) is 7.82. The summed E-state index contributed by atoms with van der Waals surface area (Å²) in [5.74, 6) is 1.22. The monoisotopic (exact) mass is 249 g/mol. The lowest BCUT2D eigenvalue weighted by atomic mass is 10.1. The molecule has 0 aliphatic carbocycles. The van der Waals surface area contributed by atoms with E-state index in [4.69, 9.17) is 11.6 Å². The topological polar surface area (TPSA) is 37.8 Å². The van der Waals surface area contributed by atoms with Gasteiger partial charge in [0.05, 0.1) is 22.6 Å². The Bertz CT molecular complexity index is 499. The minimum absolute atomic E-state index is 0.100. The third kappa shape index (κ3) is 3.07. The summed E-state index contributed by atoms with van der Waals surface area (Å²) >= 11 is 6.17. The summed E-state index contributed by atoms with van der Waals surface area (Å²) in [6.45, 7) is 4.91. The third-order valence-corrected chi connectivity index (χ3v) is 3.31. The van der Waals surface area contributed by atoms with Crippen molar-refractivity contribution in [3.63, 3.8) is 0 Å². The Hall–Kier alpha value is -1.35. The number of nitrogens with zero attached hydrogens (tertiary/aromatic N) is 2. The Balaban J connectivity index is 2.09. The number of hydrogen-bond acceptors (Lipinski definition) is 3. The molecule has 1 aromatic heterocycles. The van der Waals surface area contributed by atoms with Gasteiger partial charge < -0.3 is 5.32 Å². The van der Waals surface area contributed by atoms with E-state index in [0.717, 1.165) is 16.9 Å². The lowest BCUT2D eigenvalue weighted by Crippen LogP contribution is -2.20. The lowest BCUT2D eigenvalue weighted by molar-refractivity contribution is 0.615. The first-order valence-electron chi connectivity index (χ1n) is 5.76. The highest BCUT2D eigenvalue weighted by Crippen LogP contribution is 2.13. The van der Waals surface area contributed by atoms with Gasteiger partial charge in [0.2, 0.25) is 0 Å². The molecule has 1 unspecified atom stereocenters. The molecule has 0 amide bonds. The van der Waals surface area contributed by atoms with E-state index in [1.54, 1.807) is 6.20 Å². The first-order valence-corrected chi connectivity index (χ1v) is 6.20. The Morgan fingerprint density at radius 1 is 1.24 bits per heavy atom. The number of benzene rings is 1. The molecule has 90 valence electrons. The van der Waals surface area contributed by atoms with Gasteiger partial charge >= 0.3 is 0 Å². The summed E-state index contributed by atoms with van der Waals surface area (Å²) in [5, 5.41) is 3.31. The first kappa shape index (κ1) is 12.1. The predicted octanol–water partition coefficient (Wildman–Crippen LogP) is 3.31. The van der Waals surface area contributed by atoms with Gasteiger partial charge in [0.15, 0.2) is 0 Å². The maximum absolute atomic E-state index is 6.17. The average molecular weight is 250 g/mol. The highest BCUT2D eigenvalue weighted by Gasteiger charge is 2.09. The largest absolute Gasteiger partial charge is 0.367 e. The van der Waals surface area contributed by atoms with E-state index in [2.05, 4.69) is 29.1 Å². The summed E-state index contributed by atoms with van der Waals surface area (Å²) in [6.07, 6.45) is 1.74. The van der Waals surface area contributed by atoms with Gasteiger partial charge in [-0.3, -0.25) is 4.98 Å². The van der Waals surface area contributed by atoms with Crippen LogP contribution in [0.1, 0.15) is 13.8 Å². The fourth-order valence-electron chi connectivity index (χ4n) is 1.48. The third-order valence-electron chi connectivity index (χ3n) is 2.65. The minimum Gasteiger partial charge on any atom is -0.367 e. The molecular formula is C13H16ClN3. The van der Waals surface area contributed by atoms with Gasteiger partial charge in [-0.1, -0.05) is 26.0 Å². The molecule has 0 aliphatic heterocycles. The zero-order valence-corrected chi connectivity index (χ0v) is 10.8. The van der Waals surface area contributed by atoms with Gasteiger partial charge in [0.25, 0.3) is 0 Å². The number of rotatable bonds is 4. The van der Waals surface area contributed by atoms with Crippen LogP contribution in [0.5, 0.6) is 0 Å². The maximum atomic E-state index is 6.17. The molecule has 0 bridgehead atoms. The van der Waals surface area contributed by atoms with E-state index in [-0.39, 0.29) is 5.38 Å². The van der Waals surface area contributed by atoms with Gasteiger partial charge in [-0.25, -0.2) is 4.98 Å². The smallest absolute Gasteiger partial charge is 0.145 e. The van der Waals surface area contributed by atoms with Crippen LogP contribution in [-0.2, 0) is 0 Å². The van der Waals surface area contributed by atoms with Crippen LogP contribution in [0.25, 0.3) is 11.0 Å². The normalized spacial score (nSPS) is 12.9. The van der Waals surface area contributed by atoms with Gasteiger partial charge in [-0.05, 0) is 18.1 Å². The quantitative estimate of drug-likeness (QED) is 0.845. The van der Waals surface area contributed by atoms with Crippen LogP contribution in [-0.4, -0.2) is 21.9 Å². The fourth-order valence-corrected chi connectivity index (χ4v) is 1.56. The van der Waals surface area contributed by atoms with Crippen LogP contribution in [0.3, 0.4) is 0 Å². The Morgan fingerprint density at radius 2 is 1.94 bits per heavy atom. The second-order valence-corrected chi connectivity index (χ2v) is 4.95. The van der Waals surface area contributed by atoms with Gasteiger partial charge in [-0.15, -0.1) is 11.6 Å². The molecule has 1 atom stereocenters. The Kier molecular flexibility index (Phi) is 3.79. The SMILES string of the molecule is CC(C)C(Cl)CNc1cnc2ccccc2n1. The average Bonchev–Trinajstić information content (AvgIpc) is 2.35. The number of para-hydroxylation sites is 2. The van der Waals surface area contributed by atoms with E-state index in [0.29, 0.717) is 12.5 Å². The number of hydrogen-bond donors (Lipinski definition) is 1. The molecule has 17 heavy (non-hydrogen) atoms. The number of aromatic nitrogens is 2. The Labute approximate surface area is 106 Å². The van der Waals surface area contributed by atoms with Gasteiger partial charge in [0, 0.05) is 6.54 Å². The molecule has 0 aliphatic rings. The molecule has 0 saturated carbocycles. The van der Waals surface area contributed by atoms with Gasteiger partial charge in [-0.2, -0.15) is 0 Å². The van der Waals surface area contributed by atoms with Crippen LogP contribution < -0.4 is 5.32 Å². The van der Waals surface area contributed by atoms with E-state index in [1.807, 2.05) is 24.3 Å². The summed E-state index contributed by atoms with van der Waals surface area (Å²) < 4.78 is 0. The number of nitrogens with one attached hydrogen (secondary N) is 1. The summed E-state index contributed by atoms with van der Waals surface area (Å²) in [5.41, 5.74) is 1.80. The van der Waals surface area contributed by atoms with E-state index < -0.39 is 0 Å². The molecule has 1 N–H and O–H groups in total. The minimum atomic E-state index is 0.100. The molecule has 3 nitrogen and oxygen atoms in total. The standard InChI is InChI=1S/C13H16ClN3/c1-9(2)10(14)7-16-13-8-15-11-5-3-4-6-12(11)17-13/h3-6,8-10H,7H2,1-2H3,(H,16,17). The van der Waals surface area contributed by atoms with Crippen molar-refractivity contribution in [2.45, 2.75) is 19.2 Å². The Morgan fingerprint density at radius 3 is 2.65 bits per heavy atom. The number of fused-ring (bicyclic) bond motifs is 1. The molecule has 0 saturated heterocycles. The first-order chi connectivity index (χ1) is 8.16.